The van der Waals surface area contributed by atoms with Gasteiger partial charge in [-0.25, -0.2) is 9.59 Å². The Hall–Kier alpha value is -3.68. The van der Waals surface area contributed by atoms with Gasteiger partial charge in [0.1, 0.15) is 11.3 Å². The van der Waals surface area contributed by atoms with Gasteiger partial charge in [0.15, 0.2) is 11.5 Å². The minimum absolute atomic E-state index is 0.0127. The third kappa shape index (κ3) is 2.93. The molecule has 0 unspecified atom stereocenters. The van der Waals surface area contributed by atoms with Crippen molar-refractivity contribution in [1.82, 2.24) is 0 Å². The average Bonchev–Trinajstić information content (AvgIpc) is 3.12. The van der Waals surface area contributed by atoms with E-state index in [0.717, 1.165) is 0 Å². The predicted molar refractivity (Wildman–Crippen MR) is 102 cm³/mol. The van der Waals surface area contributed by atoms with Crippen molar-refractivity contribution in [2.45, 2.75) is 18.9 Å². The van der Waals surface area contributed by atoms with Crippen molar-refractivity contribution in [3.63, 3.8) is 0 Å². The van der Waals surface area contributed by atoms with Crippen LogP contribution >= 0.6 is 0 Å². The van der Waals surface area contributed by atoms with Crippen molar-refractivity contribution in [2.24, 2.45) is 0 Å². The molecule has 2 aromatic carbocycles. The number of phenolic OH excluding ortho intramolecular Hbond substituents is 2. The first-order valence-electron chi connectivity index (χ1n) is 8.95. The van der Waals surface area contributed by atoms with Gasteiger partial charge in [0.05, 0.1) is 30.6 Å². The molecule has 0 aliphatic carbocycles. The zero-order valence-corrected chi connectivity index (χ0v) is 15.7. The number of phenols is 2. The zero-order chi connectivity index (χ0) is 20.7. The normalized spacial score (nSPS) is 17.6. The maximum atomic E-state index is 12.8. The number of carbonyl (C=O) groups excluding carboxylic acids is 1. The largest absolute Gasteiger partial charge is 0.504 e. The first-order chi connectivity index (χ1) is 14.0. The molecule has 4 rings (SSSR count). The second kappa shape index (κ2) is 7.05. The lowest BCUT2D eigenvalue weighted by Gasteiger charge is -2.18. The molecule has 0 radical (unpaired) electrons. The second-order valence-corrected chi connectivity index (χ2v) is 6.49. The summed E-state index contributed by atoms with van der Waals surface area (Å²) < 4.78 is 21.6. The lowest BCUT2D eigenvalue weighted by molar-refractivity contribution is -0.151. The molecule has 2 atom stereocenters. The smallest absolute Gasteiger partial charge is 0.348 e. The Morgan fingerprint density at radius 3 is 2.69 bits per heavy atom. The lowest BCUT2D eigenvalue weighted by atomic mass is 9.88. The molecule has 1 aliphatic heterocycles. The SMILES string of the molecule is CCOC(=O)[C@@H]1Oc2c(c(=O)oc3ccccc23)[C@@H]1c1cc(O)c(O)c(OC)c1. The molecule has 2 N–H and O–H groups in total. The number of methoxy groups -OCH3 is 1. The highest BCUT2D eigenvalue weighted by Crippen LogP contribution is 2.47. The van der Waals surface area contributed by atoms with Gasteiger partial charge in [-0.15, -0.1) is 0 Å². The average molecular weight is 398 g/mol. The number of esters is 1. The minimum atomic E-state index is -1.17. The van der Waals surface area contributed by atoms with E-state index >= 15 is 0 Å². The van der Waals surface area contributed by atoms with E-state index < -0.39 is 35.1 Å². The molecular weight excluding hydrogens is 380 g/mol. The maximum absolute atomic E-state index is 12.8. The number of ether oxygens (including phenoxy) is 3. The number of aromatic hydroxyl groups is 2. The molecule has 8 nitrogen and oxygen atoms in total. The van der Waals surface area contributed by atoms with Crippen LogP contribution in [0.25, 0.3) is 11.0 Å². The number of para-hydroxylation sites is 1. The predicted octanol–water partition coefficient (Wildman–Crippen LogP) is 2.67. The molecule has 8 heteroatoms. The van der Waals surface area contributed by atoms with E-state index in [4.69, 9.17) is 18.6 Å². The summed E-state index contributed by atoms with van der Waals surface area (Å²) in [6, 6.07) is 9.50. The third-order valence-electron chi connectivity index (χ3n) is 4.83. The van der Waals surface area contributed by atoms with E-state index in [0.29, 0.717) is 16.5 Å². The summed E-state index contributed by atoms with van der Waals surface area (Å²) in [6.07, 6.45) is -1.17. The first-order valence-corrected chi connectivity index (χ1v) is 8.95. The molecule has 0 saturated heterocycles. The minimum Gasteiger partial charge on any atom is -0.504 e. The van der Waals surface area contributed by atoms with Crippen LogP contribution in [-0.2, 0) is 9.53 Å². The van der Waals surface area contributed by atoms with Crippen LogP contribution in [0.1, 0.15) is 24.0 Å². The molecule has 3 aromatic rings. The molecule has 0 bridgehead atoms. The van der Waals surface area contributed by atoms with Crippen LogP contribution in [0.3, 0.4) is 0 Å². The van der Waals surface area contributed by atoms with Gasteiger partial charge in [0.25, 0.3) is 0 Å². The molecule has 0 spiro atoms. The van der Waals surface area contributed by atoms with Crippen molar-refractivity contribution in [1.29, 1.82) is 0 Å². The van der Waals surface area contributed by atoms with E-state index in [9.17, 15) is 19.8 Å². The van der Waals surface area contributed by atoms with Crippen molar-refractivity contribution in [2.75, 3.05) is 13.7 Å². The number of fused-ring (bicyclic) bond motifs is 3. The van der Waals surface area contributed by atoms with Crippen LogP contribution < -0.4 is 15.1 Å². The highest BCUT2D eigenvalue weighted by Gasteiger charge is 2.45. The van der Waals surface area contributed by atoms with Gasteiger partial charge in [0.2, 0.25) is 11.9 Å². The quantitative estimate of drug-likeness (QED) is 0.392. The molecular formula is C21H18O8. The van der Waals surface area contributed by atoms with Gasteiger partial charge in [-0.05, 0) is 36.8 Å². The van der Waals surface area contributed by atoms with Gasteiger partial charge in [-0.1, -0.05) is 12.1 Å². The van der Waals surface area contributed by atoms with Crippen molar-refractivity contribution < 1.29 is 33.6 Å². The van der Waals surface area contributed by atoms with E-state index in [1.165, 1.54) is 19.2 Å². The van der Waals surface area contributed by atoms with Gasteiger partial charge in [0, 0.05) is 0 Å². The Balaban J connectivity index is 1.98. The Kier molecular flexibility index (Phi) is 4.54. The van der Waals surface area contributed by atoms with Crippen LogP contribution in [0.2, 0.25) is 0 Å². The molecule has 2 heterocycles. The number of hydrogen-bond acceptors (Lipinski definition) is 8. The summed E-state index contributed by atoms with van der Waals surface area (Å²) in [6.45, 7) is 1.79. The monoisotopic (exact) mass is 398 g/mol. The number of hydrogen-bond donors (Lipinski definition) is 2. The van der Waals surface area contributed by atoms with E-state index in [1.807, 2.05) is 0 Å². The Morgan fingerprint density at radius 2 is 1.97 bits per heavy atom. The highest BCUT2D eigenvalue weighted by molar-refractivity contribution is 5.88. The van der Waals surface area contributed by atoms with E-state index in [-0.39, 0.29) is 23.7 Å². The lowest BCUT2D eigenvalue weighted by Crippen LogP contribution is -2.32. The van der Waals surface area contributed by atoms with Crippen molar-refractivity contribution >= 4 is 16.9 Å². The fourth-order valence-electron chi connectivity index (χ4n) is 3.58. The number of benzene rings is 2. The van der Waals surface area contributed by atoms with Crippen molar-refractivity contribution in [3.8, 4) is 23.0 Å². The van der Waals surface area contributed by atoms with Gasteiger partial charge in [-0.3, -0.25) is 0 Å². The molecule has 0 amide bonds. The third-order valence-corrected chi connectivity index (χ3v) is 4.83. The van der Waals surface area contributed by atoms with Gasteiger partial charge >= 0.3 is 11.6 Å². The topological polar surface area (TPSA) is 115 Å². The number of carbonyl (C=O) groups is 1. The fourth-order valence-corrected chi connectivity index (χ4v) is 3.58. The molecule has 150 valence electrons. The first kappa shape index (κ1) is 18.7. The summed E-state index contributed by atoms with van der Waals surface area (Å²) >= 11 is 0. The van der Waals surface area contributed by atoms with Crippen LogP contribution in [0, 0.1) is 0 Å². The van der Waals surface area contributed by atoms with Crippen molar-refractivity contribution in [3.05, 3.63) is 57.9 Å². The van der Waals surface area contributed by atoms with Gasteiger partial charge < -0.3 is 28.8 Å². The van der Waals surface area contributed by atoms with Crippen LogP contribution in [0.15, 0.2) is 45.6 Å². The Bertz CT molecular complexity index is 1160. The fraction of sp³-hybridized carbons (Fsp3) is 0.238. The van der Waals surface area contributed by atoms with Crippen LogP contribution in [0.4, 0.5) is 0 Å². The second-order valence-electron chi connectivity index (χ2n) is 6.49. The Labute approximate surface area is 164 Å². The Morgan fingerprint density at radius 1 is 1.21 bits per heavy atom. The molecule has 0 fully saturated rings. The zero-order valence-electron chi connectivity index (χ0n) is 15.7. The summed E-state index contributed by atoms with van der Waals surface area (Å²) in [5.74, 6) is -2.28. The molecule has 1 aromatic heterocycles. The summed E-state index contributed by atoms with van der Waals surface area (Å²) in [5.41, 5.74) is 0.123. The van der Waals surface area contributed by atoms with E-state index in [1.54, 1.807) is 31.2 Å². The standard InChI is InChI=1S/C21H18O8/c1-3-27-21(25)19-15(10-8-12(22)17(23)14(9-10)26-2)16-18(29-19)11-6-4-5-7-13(11)28-20(16)24/h4-9,15,19,22-23H,3H2,1-2H3/t15-,19+/m0/s1. The summed E-state index contributed by atoms with van der Waals surface area (Å²) in [5, 5.41) is 20.6. The number of rotatable bonds is 4. The maximum Gasteiger partial charge on any atom is 0.348 e. The molecule has 29 heavy (non-hydrogen) atoms. The van der Waals surface area contributed by atoms with Gasteiger partial charge in [-0.2, -0.15) is 0 Å². The summed E-state index contributed by atoms with van der Waals surface area (Å²) in [4.78, 5) is 25.4. The van der Waals surface area contributed by atoms with Crippen LogP contribution in [-0.4, -0.2) is 36.0 Å². The molecule has 0 saturated carbocycles. The summed E-state index contributed by atoms with van der Waals surface area (Å²) in [7, 11) is 1.32. The van der Waals surface area contributed by atoms with Crippen LogP contribution in [0.5, 0.6) is 23.0 Å². The molecule has 1 aliphatic rings. The van der Waals surface area contributed by atoms with E-state index in [2.05, 4.69) is 0 Å². The highest BCUT2D eigenvalue weighted by atomic mass is 16.6.